The third kappa shape index (κ3) is 3.92. The van der Waals surface area contributed by atoms with Crippen molar-refractivity contribution in [2.45, 2.75) is 38.8 Å². The van der Waals surface area contributed by atoms with Crippen molar-refractivity contribution in [3.8, 4) is 0 Å². The number of hydrogen-bond donors (Lipinski definition) is 2. The molecule has 0 aliphatic rings. The van der Waals surface area contributed by atoms with Crippen molar-refractivity contribution in [3.63, 3.8) is 0 Å². The molecule has 1 aromatic carbocycles. The number of rotatable bonds is 6. The highest BCUT2D eigenvalue weighted by atomic mass is 32.1. The first-order chi connectivity index (χ1) is 9.58. The molecule has 0 saturated heterocycles. The number of thiophene rings is 1. The van der Waals surface area contributed by atoms with Crippen molar-refractivity contribution in [3.05, 3.63) is 57.8 Å². The third-order valence-electron chi connectivity index (χ3n) is 3.58. The molecule has 20 heavy (non-hydrogen) atoms. The van der Waals surface area contributed by atoms with E-state index in [4.69, 9.17) is 0 Å². The van der Waals surface area contributed by atoms with Gasteiger partial charge in [0.2, 0.25) is 0 Å². The summed E-state index contributed by atoms with van der Waals surface area (Å²) in [5.74, 6) is 0.526. The van der Waals surface area contributed by atoms with Gasteiger partial charge in [-0.15, -0.1) is 11.3 Å². The summed E-state index contributed by atoms with van der Waals surface area (Å²) < 4.78 is 0. The van der Waals surface area contributed by atoms with Gasteiger partial charge < -0.3 is 10.4 Å². The summed E-state index contributed by atoms with van der Waals surface area (Å²) in [5, 5.41) is 15.7. The number of aliphatic hydroxyl groups excluding tert-OH is 1. The van der Waals surface area contributed by atoms with Crippen molar-refractivity contribution in [2.24, 2.45) is 0 Å². The Morgan fingerprint density at radius 1 is 1.05 bits per heavy atom. The summed E-state index contributed by atoms with van der Waals surface area (Å²) in [6, 6.07) is 12.7. The zero-order chi connectivity index (χ0) is 14.5. The van der Waals surface area contributed by atoms with E-state index in [0.29, 0.717) is 12.5 Å². The number of nitrogens with one attached hydrogen (secondary N) is 1. The Kier molecular flexibility index (Phi) is 5.35. The van der Waals surface area contributed by atoms with Crippen LogP contribution in [-0.4, -0.2) is 11.7 Å². The molecule has 108 valence electrons. The lowest BCUT2D eigenvalue weighted by Gasteiger charge is -2.17. The molecule has 3 heteroatoms. The minimum atomic E-state index is -0.460. The fraction of sp³-hybridized carbons (Fsp3) is 0.412. The quantitative estimate of drug-likeness (QED) is 0.833. The van der Waals surface area contributed by atoms with Crippen LogP contribution >= 0.6 is 11.3 Å². The minimum absolute atomic E-state index is 0.277. The molecule has 2 N–H and O–H groups in total. The van der Waals surface area contributed by atoms with Gasteiger partial charge in [0, 0.05) is 17.5 Å². The molecule has 0 amide bonds. The highest BCUT2D eigenvalue weighted by molar-refractivity contribution is 7.10. The number of hydrogen-bond acceptors (Lipinski definition) is 3. The summed E-state index contributed by atoms with van der Waals surface area (Å²) in [5.41, 5.74) is 2.28. The number of aliphatic hydroxyl groups is 1. The van der Waals surface area contributed by atoms with Crippen LogP contribution in [0.15, 0.2) is 41.8 Å². The second-order valence-electron chi connectivity index (χ2n) is 5.48. The maximum absolute atomic E-state index is 10.2. The maximum atomic E-state index is 10.2. The van der Waals surface area contributed by atoms with E-state index >= 15 is 0 Å². The first-order valence-electron chi connectivity index (χ1n) is 7.12. The monoisotopic (exact) mass is 289 g/mol. The second-order valence-corrected chi connectivity index (χ2v) is 6.46. The second kappa shape index (κ2) is 7.02. The van der Waals surface area contributed by atoms with E-state index < -0.39 is 6.10 Å². The minimum Gasteiger partial charge on any atom is -0.387 e. The van der Waals surface area contributed by atoms with Gasteiger partial charge in [0.1, 0.15) is 0 Å². The Hall–Kier alpha value is -1.16. The van der Waals surface area contributed by atoms with Crippen LogP contribution in [0, 0.1) is 0 Å². The first kappa shape index (κ1) is 15.2. The van der Waals surface area contributed by atoms with Crippen molar-refractivity contribution in [2.75, 3.05) is 6.54 Å². The zero-order valence-electron chi connectivity index (χ0n) is 12.3. The van der Waals surface area contributed by atoms with E-state index in [9.17, 15) is 5.11 Å². The largest absolute Gasteiger partial charge is 0.387 e. The summed E-state index contributed by atoms with van der Waals surface area (Å²) >= 11 is 1.74. The maximum Gasteiger partial charge on any atom is 0.0914 e. The molecule has 0 saturated carbocycles. The Bertz CT molecular complexity index is 504. The highest BCUT2D eigenvalue weighted by Crippen LogP contribution is 2.21. The molecule has 0 aliphatic carbocycles. The van der Waals surface area contributed by atoms with Crippen LogP contribution in [-0.2, 0) is 0 Å². The van der Waals surface area contributed by atoms with Gasteiger partial charge >= 0.3 is 0 Å². The normalized spacial score (nSPS) is 14.4. The zero-order valence-corrected chi connectivity index (χ0v) is 13.2. The molecule has 0 spiro atoms. The topological polar surface area (TPSA) is 32.3 Å². The molecular weight excluding hydrogens is 266 g/mol. The summed E-state index contributed by atoms with van der Waals surface area (Å²) in [6.45, 7) is 7.05. The van der Waals surface area contributed by atoms with Crippen LogP contribution < -0.4 is 5.32 Å². The molecule has 1 heterocycles. The van der Waals surface area contributed by atoms with Crippen LogP contribution in [0.3, 0.4) is 0 Å². The van der Waals surface area contributed by atoms with Crippen LogP contribution in [0.4, 0.5) is 0 Å². The van der Waals surface area contributed by atoms with Gasteiger partial charge in [-0.05, 0) is 35.4 Å². The van der Waals surface area contributed by atoms with E-state index in [1.165, 1.54) is 10.4 Å². The van der Waals surface area contributed by atoms with E-state index in [-0.39, 0.29) is 6.04 Å². The molecule has 0 fully saturated rings. The van der Waals surface area contributed by atoms with E-state index in [2.05, 4.69) is 55.7 Å². The Morgan fingerprint density at radius 3 is 2.25 bits per heavy atom. The van der Waals surface area contributed by atoms with Crippen LogP contribution in [0.5, 0.6) is 0 Å². The van der Waals surface area contributed by atoms with Crippen LogP contribution in [0.2, 0.25) is 0 Å². The van der Waals surface area contributed by atoms with Crippen molar-refractivity contribution < 1.29 is 5.11 Å². The van der Waals surface area contributed by atoms with Crippen molar-refractivity contribution >= 4 is 11.3 Å². The standard InChI is InChI=1S/C17H23NOS/c1-12(2)14-6-8-15(9-7-14)16(19)11-18-13(3)17-5-4-10-20-17/h4-10,12-13,16,18-19H,11H2,1-3H3/t13-,16?/m0/s1. The molecule has 0 aliphatic heterocycles. The molecule has 2 atom stereocenters. The molecule has 1 aromatic heterocycles. The van der Waals surface area contributed by atoms with E-state index in [1.54, 1.807) is 11.3 Å². The van der Waals surface area contributed by atoms with Gasteiger partial charge in [0.25, 0.3) is 0 Å². The predicted molar refractivity (Wildman–Crippen MR) is 86.2 cm³/mol. The molecule has 2 nitrogen and oxygen atoms in total. The lowest BCUT2D eigenvalue weighted by molar-refractivity contribution is 0.171. The third-order valence-corrected chi connectivity index (χ3v) is 4.63. The Morgan fingerprint density at radius 2 is 1.70 bits per heavy atom. The average Bonchev–Trinajstić information content (AvgIpc) is 2.98. The molecule has 2 aromatic rings. The molecule has 1 unspecified atom stereocenters. The summed E-state index contributed by atoms with van der Waals surface area (Å²) in [6.07, 6.45) is -0.460. The van der Waals surface area contributed by atoms with Gasteiger partial charge in [-0.1, -0.05) is 44.2 Å². The van der Waals surface area contributed by atoms with Gasteiger partial charge in [-0.3, -0.25) is 0 Å². The van der Waals surface area contributed by atoms with Gasteiger partial charge in [-0.25, -0.2) is 0 Å². The molecular formula is C17H23NOS. The predicted octanol–water partition coefficient (Wildman–Crippen LogP) is 4.26. The fourth-order valence-electron chi connectivity index (χ4n) is 2.15. The molecule has 0 bridgehead atoms. The smallest absolute Gasteiger partial charge is 0.0914 e. The van der Waals surface area contributed by atoms with Crippen LogP contribution in [0.1, 0.15) is 54.8 Å². The lowest BCUT2D eigenvalue weighted by atomic mass is 10.00. The van der Waals surface area contributed by atoms with Gasteiger partial charge in [0.05, 0.1) is 6.10 Å². The summed E-state index contributed by atoms with van der Waals surface area (Å²) in [4.78, 5) is 1.30. The lowest BCUT2D eigenvalue weighted by Crippen LogP contribution is -2.24. The van der Waals surface area contributed by atoms with Crippen LogP contribution in [0.25, 0.3) is 0 Å². The average molecular weight is 289 g/mol. The fourth-order valence-corrected chi connectivity index (χ4v) is 2.91. The van der Waals surface area contributed by atoms with Crippen molar-refractivity contribution in [1.82, 2.24) is 5.32 Å². The summed E-state index contributed by atoms with van der Waals surface area (Å²) in [7, 11) is 0. The Balaban J connectivity index is 1.89. The van der Waals surface area contributed by atoms with E-state index in [1.807, 2.05) is 12.1 Å². The first-order valence-corrected chi connectivity index (χ1v) is 8.00. The van der Waals surface area contributed by atoms with Gasteiger partial charge in [0.15, 0.2) is 0 Å². The molecule has 2 rings (SSSR count). The molecule has 0 radical (unpaired) electrons. The number of benzene rings is 1. The highest BCUT2D eigenvalue weighted by Gasteiger charge is 2.11. The van der Waals surface area contributed by atoms with E-state index in [0.717, 1.165) is 5.56 Å². The van der Waals surface area contributed by atoms with Crippen molar-refractivity contribution in [1.29, 1.82) is 0 Å². The SMILES string of the molecule is CC(C)c1ccc(C(O)CN[C@@H](C)c2cccs2)cc1. The Labute approximate surface area is 125 Å². The van der Waals surface area contributed by atoms with Gasteiger partial charge in [-0.2, -0.15) is 0 Å².